The summed E-state index contributed by atoms with van der Waals surface area (Å²) in [7, 11) is 0. The molecule has 0 bridgehead atoms. The van der Waals surface area contributed by atoms with Crippen LogP contribution in [0.5, 0.6) is 0 Å². The lowest BCUT2D eigenvalue weighted by Gasteiger charge is -2.22. The highest BCUT2D eigenvalue weighted by atomic mass is 32.1. The highest BCUT2D eigenvalue weighted by Gasteiger charge is 2.31. The summed E-state index contributed by atoms with van der Waals surface area (Å²) < 4.78 is 1.95. The maximum Gasteiger partial charge on any atom is 0.244 e. The number of aryl methyl sites for hydroxylation is 2. The summed E-state index contributed by atoms with van der Waals surface area (Å²) in [5, 5.41) is 0. The van der Waals surface area contributed by atoms with Crippen LogP contribution in [0.3, 0.4) is 0 Å². The lowest BCUT2D eigenvalue weighted by molar-refractivity contribution is -0.123. The normalized spacial score (nSPS) is 20.5. The highest BCUT2D eigenvalue weighted by Crippen LogP contribution is 2.33. The number of nitrogens with two attached hydrogens (primary N) is 1. The van der Waals surface area contributed by atoms with Gasteiger partial charge in [-0.15, -0.1) is 11.3 Å². The molecule has 116 valence electrons. The fourth-order valence-electron chi connectivity index (χ4n) is 3.65. The van der Waals surface area contributed by atoms with Crippen molar-refractivity contribution in [3.63, 3.8) is 0 Å². The second-order valence-corrected chi connectivity index (χ2v) is 7.10. The van der Waals surface area contributed by atoms with Crippen molar-refractivity contribution in [3.8, 4) is 0 Å². The van der Waals surface area contributed by atoms with Gasteiger partial charge in [0.1, 0.15) is 16.2 Å². The van der Waals surface area contributed by atoms with E-state index in [1.54, 1.807) is 11.3 Å². The van der Waals surface area contributed by atoms with Crippen LogP contribution in [0.2, 0.25) is 0 Å². The van der Waals surface area contributed by atoms with E-state index < -0.39 is 0 Å². The number of rotatable bonds is 1. The highest BCUT2D eigenvalue weighted by molar-refractivity contribution is 7.18. The predicted molar refractivity (Wildman–Crippen MR) is 84.8 cm³/mol. The standard InChI is InChI=1S/C15H18N4O2S/c16-18-14(21)9-5-3-7-19-11-12(20)8-4-1-2-6-10(8)22-15(11)17-13(9)19/h9H,1-7,16H2,(H,18,21). The number of aromatic nitrogens is 2. The van der Waals surface area contributed by atoms with E-state index in [4.69, 9.17) is 5.84 Å². The van der Waals surface area contributed by atoms with Gasteiger partial charge in [-0.25, -0.2) is 10.8 Å². The fourth-order valence-corrected chi connectivity index (χ4v) is 4.89. The van der Waals surface area contributed by atoms with Crippen molar-refractivity contribution >= 4 is 27.6 Å². The minimum absolute atomic E-state index is 0.121. The van der Waals surface area contributed by atoms with Gasteiger partial charge in [0, 0.05) is 17.0 Å². The van der Waals surface area contributed by atoms with Crippen LogP contribution in [0.4, 0.5) is 0 Å². The Hall–Kier alpha value is -1.73. The SMILES string of the molecule is NNC(=O)C1CCCn2c1nc1sc3c(c(=O)c12)CCCC3. The zero-order chi connectivity index (χ0) is 15.3. The molecule has 2 aliphatic rings. The molecule has 1 amide bonds. The third-order valence-corrected chi connectivity index (χ3v) is 5.91. The molecule has 2 aromatic rings. The molecular weight excluding hydrogens is 300 g/mol. The number of nitrogens with one attached hydrogen (secondary N) is 1. The van der Waals surface area contributed by atoms with Crippen LogP contribution in [0, 0.1) is 0 Å². The predicted octanol–water partition coefficient (Wildman–Crippen LogP) is 1.20. The lowest BCUT2D eigenvalue weighted by atomic mass is 9.97. The molecule has 1 aliphatic carbocycles. The van der Waals surface area contributed by atoms with E-state index in [1.807, 2.05) is 4.57 Å². The first-order valence-electron chi connectivity index (χ1n) is 7.76. The lowest BCUT2D eigenvalue weighted by Crippen LogP contribution is -2.37. The monoisotopic (exact) mass is 318 g/mol. The van der Waals surface area contributed by atoms with Crippen LogP contribution >= 0.6 is 11.3 Å². The molecule has 3 N–H and O–H groups in total. The number of hydrogen-bond acceptors (Lipinski definition) is 5. The number of fused-ring (bicyclic) bond motifs is 4. The van der Waals surface area contributed by atoms with Crippen molar-refractivity contribution in [2.45, 2.75) is 51.0 Å². The Balaban J connectivity index is 1.97. The Kier molecular flexibility index (Phi) is 3.27. The van der Waals surface area contributed by atoms with Crippen LogP contribution in [-0.4, -0.2) is 15.5 Å². The van der Waals surface area contributed by atoms with Crippen molar-refractivity contribution in [3.05, 3.63) is 26.5 Å². The summed E-state index contributed by atoms with van der Waals surface area (Å²) in [6.45, 7) is 0.751. The third kappa shape index (κ3) is 1.92. The number of amides is 1. The molecule has 7 heteroatoms. The molecule has 1 unspecified atom stereocenters. The van der Waals surface area contributed by atoms with Gasteiger partial charge in [-0.1, -0.05) is 0 Å². The van der Waals surface area contributed by atoms with Gasteiger partial charge in [0.05, 0.1) is 5.92 Å². The Morgan fingerprint density at radius 2 is 2.14 bits per heavy atom. The summed E-state index contributed by atoms with van der Waals surface area (Å²) >= 11 is 1.62. The second-order valence-electron chi connectivity index (χ2n) is 6.02. The zero-order valence-corrected chi connectivity index (χ0v) is 13.0. The first kappa shape index (κ1) is 13.9. The third-order valence-electron chi connectivity index (χ3n) is 4.74. The van der Waals surface area contributed by atoms with E-state index in [9.17, 15) is 9.59 Å². The van der Waals surface area contributed by atoms with Gasteiger partial charge >= 0.3 is 0 Å². The van der Waals surface area contributed by atoms with Gasteiger partial charge in [0.25, 0.3) is 0 Å². The zero-order valence-electron chi connectivity index (χ0n) is 12.2. The topological polar surface area (TPSA) is 90.0 Å². The van der Waals surface area contributed by atoms with Gasteiger partial charge in [-0.2, -0.15) is 0 Å². The van der Waals surface area contributed by atoms with Crippen LogP contribution in [-0.2, 0) is 24.2 Å². The first-order valence-corrected chi connectivity index (χ1v) is 8.58. The van der Waals surface area contributed by atoms with E-state index >= 15 is 0 Å². The molecule has 4 rings (SSSR count). The maximum absolute atomic E-state index is 12.9. The average Bonchev–Trinajstić information content (AvgIpc) is 2.92. The molecule has 0 saturated carbocycles. The number of carbonyl (C=O) groups is 1. The van der Waals surface area contributed by atoms with Gasteiger partial charge in [0.2, 0.25) is 11.3 Å². The summed E-state index contributed by atoms with van der Waals surface area (Å²) in [6.07, 6.45) is 5.65. The number of hydrogen-bond donors (Lipinski definition) is 2. The van der Waals surface area contributed by atoms with Crippen LogP contribution in [0.1, 0.15) is 47.9 Å². The maximum atomic E-state index is 12.9. The summed E-state index contributed by atoms with van der Waals surface area (Å²) in [4.78, 5) is 31.4. The Morgan fingerprint density at radius 3 is 2.95 bits per heavy atom. The Bertz CT molecular complexity index is 823. The quantitative estimate of drug-likeness (QED) is 0.470. The molecule has 3 heterocycles. The molecule has 6 nitrogen and oxygen atoms in total. The van der Waals surface area contributed by atoms with E-state index in [2.05, 4.69) is 10.4 Å². The second kappa shape index (κ2) is 5.17. The Labute approximate surface area is 131 Å². The molecule has 0 saturated heterocycles. The number of hydrazine groups is 1. The van der Waals surface area contributed by atoms with E-state index in [1.165, 1.54) is 4.88 Å². The summed E-state index contributed by atoms with van der Waals surface area (Å²) in [5.41, 5.74) is 4.00. The van der Waals surface area contributed by atoms with Crippen LogP contribution < -0.4 is 16.7 Å². The summed E-state index contributed by atoms with van der Waals surface area (Å²) in [6, 6.07) is 0. The molecule has 0 fully saturated rings. The van der Waals surface area contributed by atoms with Crippen molar-refractivity contribution in [1.82, 2.24) is 15.0 Å². The van der Waals surface area contributed by atoms with Crippen molar-refractivity contribution in [1.29, 1.82) is 0 Å². The van der Waals surface area contributed by atoms with E-state index in [-0.39, 0.29) is 17.3 Å². The number of nitrogens with zero attached hydrogens (tertiary/aromatic N) is 2. The fraction of sp³-hybridized carbons (Fsp3) is 0.533. The molecule has 1 atom stereocenters. The largest absolute Gasteiger partial charge is 0.323 e. The molecule has 22 heavy (non-hydrogen) atoms. The van der Waals surface area contributed by atoms with Gasteiger partial charge in [-0.05, 0) is 38.5 Å². The van der Waals surface area contributed by atoms with Crippen LogP contribution in [0.25, 0.3) is 10.3 Å². The minimum atomic E-state index is -0.352. The average molecular weight is 318 g/mol. The number of carbonyl (C=O) groups excluding carboxylic acids is 1. The summed E-state index contributed by atoms with van der Waals surface area (Å²) in [5.74, 6) is 5.41. The molecule has 0 spiro atoms. The minimum Gasteiger partial charge on any atom is -0.323 e. The number of imidazole rings is 1. The molecule has 2 aromatic heterocycles. The van der Waals surface area contributed by atoms with Gasteiger partial charge in [-0.3, -0.25) is 15.0 Å². The first-order chi connectivity index (χ1) is 10.7. The van der Waals surface area contributed by atoms with Crippen molar-refractivity contribution in [2.75, 3.05) is 0 Å². The smallest absolute Gasteiger partial charge is 0.244 e. The van der Waals surface area contributed by atoms with Crippen LogP contribution in [0.15, 0.2) is 4.79 Å². The van der Waals surface area contributed by atoms with Crippen molar-refractivity contribution < 1.29 is 4.79 Å². The molecule has 0 radical (unpaired) electrons. The molecule has 0 aromatic carbocycles. The molecule has 1 aliphatic heterocycles. The Morgan fingerprint density at radius 1 is 1.32 bits per heavy atom. The molecular formula is C15H18N4O2S. The van der Waals surface area contributed by atoms with E-state index in [0.29, 0.717) is 11.3 Å². The van der Waals surface area contributed by atoms with Crippen molar-refractivity contribution in [2.24, 2.45) is 5.84 Å². The van der Waals surface area contributed by atoms with Gasteiger partial charge in [0.15, 0.2) is 0 Å². The van der Waals surface area contributed by atoms with E-state index in [0.717, 1.165) is 55.5 Å². The van der Waals surface area contributed by atoms with Gasteiger partial charge < -0.3 is 4.57 Å².